The van der Waals surface area contributed by atoms with Crippen LogP contribution in [-0.2, 0) is 17.9 Å². The van der Waals surface area contributed by atoms with E-state index >= 15 is 0 Å². The van der Waals surface area contributed by atoms with Crippen molar-refractivity contribution in [1.29, 1.82) is 0 Å². The van der Waals surface area contributed by atoms with Crippen LogP contribution in [0.25, 0.3) is 0 Å². The zero-order valence-corrected chi connectivity index (χ0v) is 12.7. The summed E-state index contributed by atoms with van der Waals surface area (Å²) in [4.78, 5) is 2.47. The van der Waals surface area contributed by atoms with E-state index in [1.165, 1.54) is 0 Å². The lowest BCUT2D eigenvalue weighted by Gasteiger charge is -2.41. The molecule has 0 saturated carbocycles. The van der Waals surface area contributed by atoms with Crippen LogP contribution in [0.1, 0.15) is 30.4 Å². The number of aromatic nitrogens is 7. The molecule has 4 heterocycles. The molecule has 9 nitrogen and oxygen atoms in total. The van der Waals surface area contributed by atoms with Crippen LogP contribution < -0.4 is 0 Å². The molecule has 2 aliphatic heterocycles. The molecule has 1 saturated heterocycles. The third kappa shape index (κ3) is 2.50. The van der Waals surface area contributed by atoms with Crippen LogP contribution in [-0.4, -0.2) is 65.8 Å². The summed E-state index contributed by atoms with van der Waals surface area (Å²) in [6, 6.07) is 0.287. The maximum atomic E-state index is 5.94. The van der Waals surface area contributed by atoms with Gasteiger partial charge in [-0.25, -0.2) is 9.36 Å². The van der Waals surface area contributed by atoms with Gasteiger partial charge >= 0.3 is 0 Å². The molecule has 9 heteroatoms. The average Bonchev–Trinajstić information content (AvgIpc) is 3.16. The number of tetrazole rings is 1. The predicted octanol–water partition coefficient (Wildman–Crippen LogP) is -0.191. The first-order valence-corrected chi connectivity index (χ1v) is 7.77. The number of hydrogen-bond donors (Lipinski definition) is 0. The highest BCUT2D eigenvalue weighted by atomic mass is 16.5. The van der Waals surface area contributed by atoms with Crippen molar-refractivity contribution < 1.29 is 4.74 Å². The molecule has 0 aromatic carbocycles. The third-order valence-corrected chi connectivity index (χ3v) is 4.57. The van der Waals surface area contributed by atoms with E-state index < -0.39 is 0 Å². The van der Waals surface area contributed by atoms with Crippen molar-refractivity contribution in [3.8, 4) is 0 Å². The smallest absolute Gasteiger partial charge is 0.148 e. The van der Waals surface area contributed by atoms with Crippen molar-refractivity contribution in [2.75, 3.05) is 19.6 Å². The highest BCUT2D eigenvalue weighted by molar-refractivity contribution is 5.01. The van der Waals surface area contributed by atoms with Crippen LogP contribution >= 0.6 is 0 Å². The fraction of sp³-hybridized carbons (Fsp3) is 0.769. The molecule has 4 rings (SSSR count). The molecule has 2 aliphatic rings. The zero-order valence-electron chi connectivity index (χ0n) is 12.7. The number of rotatable bonds is 4. The summed E-state index contributed by atoms with van der Waals surface area (Å²) in [5.41, 5.74) is 1.08. The number of likely N-dealkylation sites (tertiary alicyclic amines) is 1. The van der Waals surface area contributed by atoms with Gasteiger partial charge in [0.2, 0.25) is 0 Å². The van der Waals surface area contributed by atoms with Crippen molar-refractivity contribution in [2.24, 2.45) is 0 Å². The van der Waals surface area contributed by atoms with Crippen molar-refractivity contribution in [3.05, 3.63) is 17.7 Å². The van der Waals surface area contributed by atoms with Gasteiger partial charge < -0.3 is 9.64 Å². The molecule has 0 aliphatic carbocycles. The third-order valence-electron chi connectivity index (χ3n) is 4.57. The molecule has 0 N–H and O–H groups in total. The molecule has 2 aromatic heterocycles. The van der Waals surface area contributed by atoms with Crippen molar-refractivity contribution in [3.63, 3.8) is 0 Å². The van der Waals surface area contributed by atoms with Gasteiger partial charge in [-0.15, -0.1) is 10.2 Å². The normalized spacial score (nSPS) is 25.0. The monoisotopic (exact) mass is 304 g/mol. The molecule has 22 heavy (non-hydrogen) atoms. The summed E-state index contributed by atoms with van der Waals surface area (Å²) in [5, 5.41) is 19.8. The fourth-order valence-corrected chi connectivity index (χ4v) is 3.35. The molecular formula is C13H20N8O. The minimum absolute atomic E-state index is 0.271. The first-order valence-electron chi connectivity index (χ1n) is 7.77. The summed E-state index contributed by atoms with van der Waals surface area (Å²) in [6.07, 6.45) is 4.16. The lowest BCUT2D eigenvalue weighted by atomic mass is 10.0. The van der Waals surface area contributed by atoms with Gasteiger partial charge in [-0.2, -0.15) is 0 Å². The molecule has 2 aromatic rings. The van der Waals surface area contributed by atoms with E-state index in [-0.39, 0.29) is 12.1 Å². The van der Waals surface area contributed by atoms with E-state index in [1.807, 2.05) is 16.3 Å². The number of hydrogen-bond acceptors (Lipinski definition) is 7. The number of ether oxygens (including phenoxy) is 1. The SMILES string of the molecule is Cc1nnnn1CCCN1CC[C@H]2OCc3cnnn3[C@H]2C1. The maximum absolute atomic E-state index is 5.94. The quantitative estimate of drug-likeness (QED) is 0.773. The first-order chi connectivity index (χ1) is 10.8. The number of piperidine rings is 1. The Morgan fingerprint density at radius 2 is 2.27 bits per heavy atom. The molecule has 1 fully saturated rings. The van der Waals surface area contributed by atoms with Crippen LogP contribution in [0.3, 0.4) is 0 Å². The van der Waals surface area contributed by atoms with Crippen LogP contribution in [0.2, 0.25) is 0 Å². The van der Waals surface area contributed by atoms with Gasteiger partial charge in [0.15, 0.2) is 0 Å². The van der Waals surface area contributed by atoms with E-state index in [4.69, 9.17) is 4.74 Å². The van der Waals surface area contributed by atoms with E-state index in [2.05, 4.69) is 30.7 Å². The Labute approximate surface area is 128 Å². The molecule has 2 atom stereocenters. The van der Waals surface area contributed by atoms with Gasteiger partial charge in [0.05, 0.1) is 30.6 Å². The first kappa shape index (κ1) is 13.8. The number of nitrogens with zero attached hydrogens (tertiary/aromatic N) is 8. The summed E-state index contributed by atoms with van der Waals surface area (Å²) < 4.78 is 9.84. The highest BCUT2D eigenvalue weighted by Crippen LogP contribution is 2.29. The minimum Gasteiger partial charge on any atom is -0.370 e. The van der Waals surface area contributed by atoms with Crippen molar-refractivity contribution >= 4 is 0 Å². The van der Waals surface area contributed by atoms with Gasteiger partial charge in [0.1, 0.15) is 5.82 Å². The molecule has 0 unspecified atom stereocenters. The van der Waals surface area contributed by atoms with Crippen molar-refractivity contribution in [1.82, 2.24) is 40.1 Å². The Hall–Kier alpha value is -1.87. The Morgan fingerprint density at radius 3 is 3.14 bits per heavy atom. The van der Waals surface area contributed by atoms with Gasteiger partial charge in [-0.1, -0.05) is 5.21 Å². The number of aryl methyl sites for hydroxylation is 2. The standard InChI is InChI=1S/C13H20N8O/c1-10-15-16-18-20(10)5-2-4-19-6-3-13-12(8-19)21-11(9-22-13)7-14-17-21/h7,12-13H,2-6,8-9H2,1H3/t12-,13+/m0/s1. The summed E-state index contributed by atoms with van der Waals surface area (Å²) in [7, 11) is 0. The summed E-state index contributed by atoms with van der Waals surface area (Å²) in [6.45, 7) is 6.49. The van der Waals surface area contributed by atoms with Crippen LogP contribution in [0, 0.1) is 6.92 Å². The zero-order chi connectivity index (χ0) is 14.9. The molecule has 0 amide bonds. The Morgan fingerprint density at radius 1 is 1.32 bits per heavy atom. The van der Waals surface area contributed by atoms with Crippen LogP contribution in [0.4, 0.5) is 0 Å². The van der Waals surface area contributed by atoms with Gasteiger partial charge in [-0.05, 0) is 36.7 Å². The maximum Gasteiger partial charge on any atom is 0.148 e. The minimum atomic E-state index is 0.271. The second-order valence-electron chi connectivity index (χ2n) is 5.98. The Kier molecular flexibility index (Phi) is 3.59. The fourth-order valence-electron chi connectivity index (χ4n) is 3.35. The second kappa shape index (κ2) is 5.73. The Balaban J connectivity index is 1.35. The van der Waals surface area contributed by atoms with Crippen LogP contribution in [0.5, 0.6) is 0 Å². The highest BCUT2D eigenvalue weighted by Gasteiger charge is 2.36. The topological polar surface area (TPSA) is 86.8 Å². The molecule has 0 radical (unpaired) electrons. The summed E-state index contributed by atoms with van der Waals surface area (Å²) in [5.74, 6) is 0.867. The Bertz CT molecular complexity index is 638. The van der Waals surface area contributed by atoms with Crippen molar-refractivity contribution in [2.45, 2.75) is 45.1 Å². The molecule has 0 bridgehead atoms. The van der Waals surface area contributed by atoms with Gasteiger partial charge in [-0.3, -0.25) is 0 Å². The number of fused-ring (bicyclic) bond motifs is 3. The van der Waals surface area contributed by atoms with E-state index in [1.54, 1.807) is 6.20 Å². The molecule has 118 valence electrons. The summed E-state index contributed by atoms with van der Waals surface area (Å²) >= 11 is 0. The largest absolute Gasteiger partial charge is 0.370 e. The van der Waals surface area contributed by atoms with E-state index in [0.29, 0.717) is 6.61 Å². The second-order valence-corrected chi connectivity index (χ2v) is 5.98. The van der Waals surface area contributed by atoms with E-state index in [9.17, 15) is 0 Å². The van der Waals surface area contributed by atoms with E-state index in [0.717, 1.165) is 50.5 Å². The van der Waals surface area contributed by atoms with Gasteiger partial charge in [0, 0.05) is 19.6 Å². The average molecular weight is 304 g/mol. The van der Waals surface area contributed by atoms with Gasteiger partial charge in [0.25, 0.3) is 0 Å². The molecular weight excluding hydrogens is 284 g/mol. The lowest BCUT2D eigenvalue weighted by Crippen LogP contribution is -2.48. The lowest BCUT2D eigenvalue weighted by molar-refractivity contribution is -0.0658. The predicted molar refractivity (Wildman–Crippen MR) is 75.9 cm³/mol. The molecule has 0 spiro atoms. The van der Waals surface area contributed by atoms with Crippen LogP contribution in [0.15, 0.2) is 6.20 Å².